The van der Waals surface area contributed by atoms with Crippen LogP contribution in [0.15, 0.2) is 4.99 Å². The van der Waals surface area contributed by atoms with Crippen LogP contribution in [0, 0.1) is 0 Å². The molecule has 1 aromatic rings. The highest BCUT2D eigenvalue weighted by atomic mass is 35.5. The molecule has 1 amide bonds. The molecule has 0 saturated carbocycles. The molecule has 128 valence electrons. The van der Waals surface area contributed by atoms with Gasteiger partial charge >= 0.3 is 5.97 Å². The Hall–Kier alpha value is -1.34. The molecule has 0 aliphatic carbocycles. The summed E-state index contributed by atoms with van der Waals surface area (Å²) in [6.07, 6.45) is 1.18. The largest absolute Gasteiger partial charge is 0.480 e. The van der Waals surface area contributed by atoms with E-state index >= 15 is 0 Å². The van der Waals surface area contributed by atoms with Gasteiger partial charge in [0.25, 0.3) is 5.91 Å². The zero-order valence-electron chi connectivity index (χ0n) is 13.7. The molecule has 1 aliphatic heterocycles. The number of hydrogen-bond donors (Lipinski definition) is 1. The number of likely N-dealkylation sites (tertiary alicyclic amines) is 1. The summed E-state index contributed by atoms with van der Waals surface area (Å²) in [6.45, 7) is 8.26. The first-order chi connectivity index (χ1) is 10.8. The van der Waals surface area contributed by atoms with Crippen molar-refractivity contribution in [1.82, 2.24) is 8.99 Å². The lowest BCUT2D eigenvalue weighted by Gasteiger charge is -2.26. The molecule has 2 atom stereocenters. The topological polar surface area (TPSA) is 74.9 Å². The van der Waals surface area contributed by atoms with Crippen LogP contribution < -0.4 is 4.80 Å². The van der Waals surface area contributed by atoms with Gasteiger partial charge in [0.05, 0.1) is 5.69 Å². The molecule has 23 heavy (non-hydrogen) atoms. The Morgan fingerprint density at radius 2 is 2.09 bits per heavy atom. The second kappa shape index (κ2) is 7.05. The number of thiazole rings is 1. The van der Waals surface area contributed by atoms with Crippen molar-refractivity contribution in [1.29, 1.82) is 0 Å². The molecule has 2 heterocycles. The minimum absolute atomic E-state index is 0.0321. The maximum absolute atomic E-state index is 13.0. The highest BCUT2D eigenvalue weighted by Crippen LogP contribution is 2.30. The van der Waals surface area contributed by atoms with Gasteiger partial charge in [0.15, 0.2) is 0 Å². The minimum atomic E-state index is -0.956. The Balaban J connectivity index is 2.52. The highest BCUT2D eigenvalue weighted by Gasteiger charge is 2.40. The second-order valence-electron chi connectivity index (χ2n) is 6.00. The summed E-state index contributed by atoms with van der Waals surface area (Å²) in [5, 5.41) is 9.38. The molecular weight excluding hydrogens is 338 g/mol. The van der Waals surface area contributed by atoms with E-state index < -0.39 is 12.0 Å². The maximum atomic E-state index is 13.0. The van der Waals surface area contributed by atoms with Gasteiger partial charge in [-0.3, -0.25) is 9.79 Å². The summed E-state index contributed by atoms with van der Waals surface area (Å²) in [5.74, 6) is -1.18. The zero-order chi connectivity index (χ0) is 17.3. The smallest absolute Gasteiger partial charge is 0.326 e. The summed E-state index contributed by atoms with van der Waals surface area (Å²) in [4.78, 5) is 31.3. The Bertz CT molecular complexity index is 680. The summed E-state index contributed by atoms with van der Waals surface area (Å²) in [7, 11) is 0. The molecule has 1 N–H and O–H groups in total. The first kappa shape index (κ1) is 18.0. The fourth-order valence-corrected chi connectivity index (χ4v) is 4.60. The fraction of sp³-hybridized carbons (Fsp3) is 0.667. The lowest BCUT2D eigenvalue weighted by atomic mass is 10.1. The summed E-state index contributed by atoms with van der Waals surface area (Å²) in [6, 6.07) is -0.865. The molecule has 1 aliphatic rings. The lowest BCUT2D eigenvalue weighted by Crippen LogP contribution is -2.44. The molecule has 0 aromatic carbocycles. The van der Waals surface area contributed by atoms with Crippen LogP contribution in [-0.2, 0) is 4.79 Å². The van der Waals surface area contributed by atoms with Gasteiger partial charge < -0.3 is 10.0 Å². The van der Waals surface area contributed by atoms with Crippen molar-refractivity contribution in [3.05, 3.63) is 15.4 Å². The monoisotopic (exact) mass is 359 g/mol. The van der Waals surface area contributed by atoms with Crippen molar-refractivity contribution in [3.63, 3.8) is 0 Å². The molecule has 8 heteroatoms. The molecule has 1 aromatic heterocycles. The number of carboxylic acid groups (broad SMARTS) is 1. The Morgan fingerprint density at radius 3 is 2.61 bits per heavy atom. The van der Waals surface area contributed by atoms with E-state index in [1.54, 1.807) is 0 Å². The average molecular weight is 360 g/mol. The third-order valence-corrected chi connectivity index (χ3v) is 5.55. The number of carbonyl (C=O) groups excluding carboxylic acids is 1. The van der Waals surface area contributed by atoms with E-state index in [1.165, 1.54) is 20.3 Å². The second-order valence-corrected chi connectivity index (χ2v) is 7.32. The molecule has 6 nitrogen and oxygen atoms in total. The molecular formula is C15H22ClN3O3S. The van der Waals surface area contributed by atoms with Gasteiger partial charge in [-0.15, -0.1) is 0 Å². The van der Waals surface area contributed by atoms with Gasteiger partial charge in [-0.05, 0) is 32.6 Å². The van der Waals surface area contributed by atoms with Gasteiger partial charge in [0.2, 0.25) is 4.80 Å². The number of hydrogen-bond acceptors (Lipinski definition) is 4. The molecule has 0 radical (unpaired) electrons. The lowest BCUT2D eigenvalue weighted by molar-refractivity contribution is -0.141. The van der Waals surface area contributed by atoms with Crippen molar-refractivity contribution >= 4 is 35.0 Å². The number of rotatable bonds is 4. The molecule has 2 rings (SSSR count). The number of carbonyl (C=O) groups is 2. The van der Waals surface area contributed by atoms with Crippen molar-refractivity contribution < 1.29 is 14.7 Å². The third-order valence-electron chi connectivity index (χ3n) is 4.03. The van der Waals surface area contributed by atoms with Crippen LogP contribution >= 0.6 is 23.1 Å². The van der Waals surface area contributed by atoms with E-state index in [9.17, 15) is 14.7 Å². The minimum Gasteiger partial charge on any atom is -0.480 e. The molecule has 1 fully saturated rings. The Kier molecular flexibility index (Phi) is 5.52. The van der Waals surface area contributed by atoms with Crippen LogP contribution in [0.5, 0.6) is 0 Å². The summed E-state index contributed by atoms with van der Waals surface area (Å²) in [5.41, 5.74) is 0.692. The Morgan fingerprint density at radius 1 is 1.43 bits per heavy atom. The average Bonchev–Trinajstić information content (AvgIpc) is 3.00. The Labute approximate surface area is 144 Å². The standard InChI is InChI=1S/C15H22ClN3O3S/c1-5-17-15-19(16)11(8(2)3)12(23-15)13(20)18-9(4)6-7-10(18)14(21)22/h8-10H,5-7H2,1-4H3,(H,21,22)/t9-,10+/m1/s1. The molecule has 1 saturated heterocycles. The predicted molar refractivity (Wildman–Crippen MR) is 90.0 cm³/mol. The van der Waals surface area contributed by atoms with E-state index in [4.69, 9.17) is 11.8 Å². The quantitative estimate of drug-likeness (QED) is 0.898. The zero-order valence-corrected chi connectivity index (χ0v) is 15.3. The van der Waals surface area contributed by atoms with Crippen molar-refractivity contribution in [2.75, 3.05) is 6.54 Å². The fourth-order valence-electron chi connectivity index (χ4n) is 2.93. The van der Waals surface area contributed by atoms with Gasteiger partial charge in [-0.1, -0.05) is 25.2 Å². The van der Waals surface area contributed by atoms with Gasteiger partial charge in [0, 0.05) is 24.4 Å². The number of carboxylic acids is 1. The predicted octanol–water partition coefficient (Wildman–Crippen LogP) is 2.67. The third kappa shape index (κ3) is 3.30. The van der Waals surface area contributed by atoms with E-state index in [0.717, 1.165) is 0 Å². The van der Waals surface area contributed by atoms with Crippen LogP contribution in [-0.4, -0.2) is 44.6 Å². The van der Waals surface area contributed by atoms with Gasteiger partial charge in [-0.25, -0.2) is 8.88 Å². The highest BCUT2D eigenvalue weighted by molar-refractivity contribution is 7.11. The SMILES string of the molecule is CCN=c1sc(C(=O)N2[C@H](C)CC[C@H]2C(=O)O)c(C(C)C)n1Cl. The van der Waals surface area contributed by atoms with Crippen LogP contribution in [0.2, 0.25) is 0 Å². The van der Waals surface area contributed by atoms with Crippen molar-refractivity contribution in [3.8, 4) is 0 Å². The van der Waals surface area contributed by atoms with E-state index in [0.29, 0.717) is 34.8 Å². The van der Waals surface area contributed by atoms with E-state index in [2.05, 4.69) is 4.99 Å². The van der Waals surface area contributed by atoms with Gasteiger partial charge in [-0.2, -0.15) is 0 Å². The number of nitrogens with zero attached hydrogens (tertiary/aromatic N) is 3. The number of aliphatic carboxylic acids is 1. The van der Waals surface area contributed by atoms with Crippen LogP contribution in [0.3, 0.4) is 0 Å². The van der Waals surface area contributed by atoms with E-state index in [1.807, 2.05) is 27.7 Å². The van der Waals surface area contributed by atoms with Crippen LogP contribution in [0.1, 0.15) is 61.8 Å². The summed E-state index contributed by atoms with van der Waals surface area (Å²) < 4.78 is 1.43. The first-order valence-electron chi connectivity index (χ1n) is 7.77. The maximum Gasteiger partial charge on any atom is 0.326 e. The normalized spacial score (nSPS) is 22.2. The summed E-state index contributed by atoms with van der Waals surface area (Å²) >= 11 is 7.57. The number of halogens is 1. The molecule has 0 unspecified atom stereocenters. The van der Waals surface area contributed by atoms with Crippen LogP contribution in [0.4, 0.5) is 0 Å². The van der Waals surface area contributed by atoms with Crippen LogP contribution in [0.25, 0.3) is 0 Å². The number of amides is 1. The molecule has 0 bridgehead atoms. The molecule has 0 spiro atoms. The van der Waals surface area contributed by atoms with Gasteiger partial charge in [0.1, 0.15) is 10.9 Å². The van der Waals surface area contributed by atoms with Crippen molar-refractivity contribution in [2.45, 2.75) is 58.5 Å². The van der Waals surface area contributed by atoms with Crippen molar-refractivity contribution in [2.24, 2.45) is 4.99 Å². The first-order valence-corrected chi connectivity index (χ1v) is 8.92. The number of aromatic nitrogens is 1. The van der Waals surface area contributed by atoms with E-state index in [-0.39, 0.29) is 17.9 Å².